The number of aromatic nitrogens is 1. The van der Waals surface area contributed by atoms with Gasteiger partial charge in [-0.1, -0.05) is 62.6 Å². The van der Waals surface area contributed by atoms with Crippen LogP contribution in [-0.2, 0) is 21.4 Å². The summed E-state index contributed by atoms with van der Waals surface area (Å²) in [4.78, 5) is 27.4. The van der Waals surface area contributed by atoms with E-state index >= 15 is 0 Å². The molecule has 1 aliphatic rings. The Bertz CT molecular complexity index is 1350. The first-order chi connectivity index (χ1) is 17.2. The van der Waals surface area contributed by atoms with E-state index in [0.29, 0.717) is 12.3 Å². The van der Waals surface area contributed by atoms with E-state index in [4.69, 9.17) is 0 Å². The van der Waals surface area contributed by atoms with Crippen LogP contribution in [0.3, 0.4) is 0 Å². The molecule has 1 aromatic heterocycles. The number of carbonyl (C=O) groups excluding carboxylic acids is 2. The van der Waals surface area contributed by atoms with Crippen molar-refractivity contribution in [2.75, 3.05) is 19.8 Å². The molecule has 1 N–H and O–H groups in total. The van der Waals surface area contributed by atoms with E-state index in [-0.39, 0.29) is 23.8 Å². The average Bonchev–Trinajstić information content (AvgIpc) is 3.18. The lowest BCUT2D eigenvalue weighted by Crippen LogP contribution is -2.32. The molecule has 1 aliphatic carbocycles. The Morgan fingerprint density at radius 3 is 2.36 bits per heavy atom. The number of carbonyl (C=O) groups is 2. The van der Waals surface area contributed by atoms with Gasteiger partial charge in [0, 0.05) is 25.0 Å². The SMILES string of the molecule is CCCS(=O)(=O)NC(=O)c1ccc2c(C3CCCCC3)c(-c3ccccc3)n(CC(=O)N(C)C)c2c1. The van der Waals surface area contributed by atoms with E-state index in [2.05, 4.69) is 16.9 Å². The standard InChI is InChI=1S/C28H35N3O4S/c1-4-17-36(34,35)29-28(33)22-15-16-23-24(18-22)31(19-25(32)30(2)3)27(21-13-9-6-10-14-21)26(23)20-11-7-5-8-12-20/h6,9-10,13-16,18,20H,4-5,7-8,11-12,17,19H2,1-3H3,(H,29,33). The van der Waals surface area contributed by atoms with E-state index in [1.807, 2.05) is 28.8 Å². The monoisotopic (exact) mass is 509 g/mol. The molecular weight excluding hydrogens is 474 g/mol. The van der Waals surface area contributed by atoms with Crippen LogP contribution in [-0.4, -0.2) is 49.5 Å². The predicted molar refractivity (Wildman–Crippen MR) is 143 cm³/mol. The Morgan fingerprint density at radius 1 is 1.03 bits per heavy atom. The maximum absolute atomic E-state index is 12.9. The van der Waals surface area contributed by atoms with E-state index < -0.39 is 15.9 Å². The molecule has 1 heterocycles. The minimum atomic E-state index is -3.70. The van der Waals surface area contributed by atoms with Gasteiger partial charge < -0.3 is 9.47 Å². The number of nitrogens with one attached hydrogen (secondary N) is 1. The van der Waals surface area contributed by atoms with Crippen LogP contribution in [0, 0.1) is 0 Å². The lowest BCUT2D eigenvalue weighted by Gasteiger charge is -2.24. The summed E-state index contributed by atoms with van der Waals surface area (Å²) in [5.41, 5.74) is 4.27. The van der Waals surface area contributed by atoms with Crippen molar-refractivity contribution < 1.29 is 18.0 Å². The normalized spacial score (nSPS) is 14.6. The summed E-state index contributed by atoms with van der Waals surface area (Å²) in [6, 6.07) is 15.4. The van der Waals surface area contributed by atoms with Crippen molar-refractivity contribution in [2.45, 2.75) is 57.9 Å². The van der Waals surface area contributed by atoms with Crippen LogP contribution in [0.15, 0.2) is 48.5 Å². The molecule has 0 aliphatic heterocycles. The molecule has 36 heavy (non-hydrogen) atoms. The van der Waals surface area contributed by atoms with Gasteiger partial charge in [0.2, 0.25) is 15.9 Å². The van der Waals surface area contributed by atoms with E-state index in [1.165, 1.54) is 12.0 Å². The van der Waals surface area contributed by atoms with Crippen molar-refractivity contribution in [2.24, 2.45) is 0 Å². The summed E-state index contributed by atoms with van der Waals surface area (Å²) in [5, 5.41) is 1.01. The van der Waals surface area contributed by atoms with Gasteiger partial charge in [-0.2, -0.15) is 0 Å². The van der Waals surface area contributed by atoms with Gasteiger partial charge in [-0.25, -0.2) is 13.1 Å². The molecule has 1 fully saturated rings. The van der Waals surface area contributed by atoms with Crippen molar-refractivity contribution in [3.05, 3.63) is 59.7 Å². The van der Waals surface area contributed by atoms with E-state index in [9.17, 15) is 18.0 Å². The van der Waals surface area contributed by atoms with Crippen LogP contribution < -0.4 is 4.72 Å². The zero-order valence-electron chi connectivity index (χ0n) is 21.3. The topological polar surface area (TPSA) is 88.5 Å². The minimum absolute atomic E-state index is 0.0559. The third-order valence-electron chi connectivity index (χ3n) is 6.94. The summed E-state index contributed by atoms with van der Waals surface area (Å²) in [5.74, 6) is -0.465. The molecule has 0 bridgehead atoms. The Labute approximate surface area is 213 Å². The zero-order valence-corrected chi connectivity index (χ0v) is 22.1. The van der Waals surface area contributed by atoms with Crippen LogP contribution in [0.4, 0.5) is 0 Å². The van der Waals surface area contributed by atoms with Crippen LogP contribution in [0.5, 0.6) is 0 Å². The predicted octanol–water partition coefficient (Wildman–Crippen LogP) is 4.91. The van der Waals surface area contributed by atoms with Gasteiger partial charge in [0.1, 0.15) is 6.54 Å². The van der Waals surface area contributed by atoms with Crippen LogP contribution in [0.1, 0.15) is 67.3 Å². The van der Waals surface area contributed by atoms with Crippen molar-refractivity contribution in [1.29, 1.82) is 0 Å². The second-order valence-corrected chi connectivity index (χ2v) is 11.7. The van der Waals surface area contributed by atoms with Gasteiger partial charge in [0.15, 0.2) is 0 Å². The number of benzene rings is 2. The van der Waals surface area contributed by atoms with Gasteiger partial charge in [-0.15, -0.1) is 0 Å². The van der Waals surface area contributed by atoms with Crippen LogP contribution in [0.25, 0.3) is 22.2 Å². The first-order valence-electron chi connectivity index (χ1n) is 12.7. The van der Waals surface area contributed by atoms with Crippen molar-refractivity contribution in [3.8, 4) is 11.3 Å². The van der Waals surface area contributed by atoms with Crippen molar-refractivity contribution >= 4 is 32.7 Å². The first kappa shape index (κ1) is 25.9. The maximum atomic E-state index is 12.9. The maximum Gasteiger partial charge on any atom is 0.264 e. The molecule has 0 spiro atoms. The Morgan fingerprint density at radius 2 is 1.72 bits per heavy atom. The zero-order chi connectivity index (χ0) is 25.9. The number of rotatable bonds is 8. The number of nitrogens with zero attached hydrogens (tertiary/aromatic N) is 2. The van der Waals surface area contributed by atoms with Crippen LogP contribution >= 0.6 is 0 Å². The number of sulfonamides is 1. The molecule has 0 atom stereocenters. The minimum Gasteiger partial charge on any atom is -0.347 e. The van der Waals surface area contributed by atoms with Crippen molar-refractivity contribution in [3.63, 3.8) is 0 Å². The highest BCUT2D eigenvalue weighted by atomic mass is 32.2. The number of likely N-dealkylation sites (N-methyl/N-ethyl adjacent to an activating group) is 1. The van der Waals surface area contributed by atoms with Crippen molar-refractivity contribution in [1.82, 2.24) is 14.2 Å². The summed E-state index contributed by atoms with van der Waals surface area (Å²) >= 11 is 0. The Hall–Kier alpha value is -3.13. The fraction of sp³-hybridized carbons (Fsp3) is 0.429. The van der Waals surface area contributed by atoms with Gasteiger partial charge >= 0.3 is 0 Å². The highest BCUT2D eigenvalue weighted by Crippen LogP contribution is 2.44. The summed E-state index contributed by atoms with van der Waals surface area (Å²) in [7, 11) is -0.239. The molecule has 3 aromatic rings. The summed E-state index contributed by atoms with van der Waals surface area (Å²) in [6.45, 7) is 1.88. The third kappa shape index (κ3) is 5.48. The summed E-state index contributed by atoms with van der Waals surface area (Å²) < 4.78 is 28.6. The molecule has 7 nitrogen and oxygen atoms in total. The fourth-order valence-corrected chi connectivity index (χ4v) is 6.23. The number of hydrogen-bond donors (Lipinski definition) is 1. The molecule has 0 radical (unpaired) electrons. The summed E-state index contributed by atoms with van der Waals surface area (Å²) in [6.07, 6.45) is 6.14. The molecule has 0 saturated heterocycles. The molecule has 1 saturated carbocycles. The molecule has 192 valence electrons. The third-order valence-corrected chi connectivity index (χ3v) is 8.38. The number of hydrogen-bond acceptors (Lipinski definition) is 4. The van der Waals surface area contributed by atoms with Gasteiger partial charge in [0.25, 0.3) is 5.91 Å². The van der Waals surface area contributed by atoms with E-state index in [0.717, 1.165) is 47.8 Å². The molecule has 2 aromatic carbocycles. The molecule has 4 rings (SSSR count). The van der Waals surface area contributed by atoms with E-state index in [1.54, 1.807) is 38.1 Å². The second-order valence-electron chi connectivity index (χ2n) is 9.82. The molecule has 8 heteroatoms. The van der Waals surface area contributed by atoms with Crippen LogP contribution in [0.2, 0.25) is 0 Å². The Kier molecular flexibility index (Phi) is 7.83. The smallest absolute Gasteiger partial charge is 0.264 e. The Balaban J connectivity index is 1.93. The second kappa shape index (κ2) is 10.9. The number of fused-ring (bicyclic) bond motifs is 1. The quantitative estimate of drug-likeness (QED) is 0.467. The molecular formula is C28H35N3O4S. The van der Waals surface area contributed by atoms with Gasteiger partial charge in [0.05, 0.1) is 17.0 Å². The highest BCUT2D eigenvalue weighted by molar-refractivity contribution is 7.90. The average molecular weight is 510 g/mol. The lowest BCUT2D eigenvalue weighted by atomic mass is 9.82. The molecule has 2 amide bonds. The van der Waals surface area contributed by atoms with Gasteiger partial charge in [-0.05, 0) is 48.4 Å². The fourth-order valence-electron chi connectivity index (χ4n) is 5.19. The lowest BCUT2D eigenvalue weighted by molar-refractivity contribution is -0.129. The number of amides is 2. The largest absolute Gasteiger partial charge is 0.347 e. The highest BCUT2D eigenvalue weighted by Gasteiger charge is 2.28. The first-order valence-corrected chi connectivity index (χ1v) is 14.3. The molecule has 0 unspecified atom stereocenters. The van der Waals surface area contributed by atoms with Gasteiger partial charge in [-0.3, -0.25) is 9.59 Å².